The molecule has 1 aromatic rings. The van der Waals surface area contributed by atoms with Crippen LogP contribution in [0.4, 0.5) is 0 Å². The molecule has 21 heavy (non-hydrogen) atoms. The highest BCUT2D eigenvalue weighted by molar-refractivity contribution is 9.10. The Bertz CT molecular complexity index is 552. The largest absolute Gasteiger partial charge is 0.415 e. The van der Waals surface area contributed by atoms with Crippen LogP contribution in [0, 0.1) is 0 Å². The van der Waals surface area contributed by atoms with Gasteiger partial charge in [-0.05, 0) is 41.9 Å². The van der Waals surface area contributed by atoms with Gasteiger partial charge in [-0.1, -0.05) is 36.7 Å². The number of halogens is 1. The Balaban J connectivity index is 1.94. The molecule has 0 saturated carbocycles. The summed E-state index contributed by atoms with van der Waals surface area (Å²) in [5.74, 6) is 0.122. The molecule has 3 nitrogen and oxygen atoms in total. The molecule has 0 spiro atoms. The number of hydrogen-bond acceptors (Lipinski definition) is 2. The predicted molar refractivity (Wildman–Crippen MR) is 92.0 cm³/mol. The van der Waals surface area contributed by atoms with Crippen molar-refractivity contribution in [3.05, 3.63) is 33.8 Å². The van der Waals surface area contributed by atoms with Crippen LogP contribution >= 0.6 is 15.9 Å². The fourth-order valence-corrected chi connectivity index (χ4v) is 3.60. The smallest absolute Gasteiger partial charge is 0.254 e. The van der Waals surface area contributed by atoms with E-state index in [1.54, 1.807) is 0 Å². The van der Waals surface area contributed by atoms with E-state index in [1.807, 2.05) is 23.1 Å². The number of carbonyl (C=O) groups excluding carboxylic acids is 1. The maximum Gasteiger partial charge on any atom is 0.254 e. The fraction of sp³-hybridized carbons (Fsp3) is 0.562. The number of amides is 1. The third-order valence-corrected chi connectivity index (χ3v) is 9.61. The third-order valence-electron chi connectivity index (χ3n) is 4.58. The molecular weight excluding hydrogens is 346 g/mol. The van der Waals surface area contributed by atoms with E-state index in [1.165, 1.54) is 0 Å². The predicted octanol–water partition coefficient (Wildman–Crippen LogP) is 4.43. The number of hydrogen-bond donors (Lipinski definition) is 0. The molecule has 1 aliphatic rings. The topological polar surface area (TPSA) is 29.5 Å². The van der Waals surface area contributed by atoms with E-state index in [-0.39, 0.29) is 10.9 Å². The standard InChI is InChI=1S/C16H24BrNO2Si/c1-16(2,3)21(4,5)20-9-8-18-11-12-10-13(17)6-7-14(12)15(18)19/h6-7,10H,8-9,11H2,1-5H3. The Hall–Kier alpha value is -0.653. The minimum atomic E-state index is -1.73. The van der Waals surface area contributed by atoms with Gasteiger partial charge in [0.25, 0.3) is 5.91 Å². The van der Waals surface area contributed by atoms with Gasteiger partial charge in [-0.3, -0.25) is 4.79 Å². The summed E-state index contributed by atoms with van der Waals surface area (Å²) in [4.78, 5) is 14.2. The van der Waals surface area contributed by atoms with Crippen molar-refractivity contribution in [2.24, 2.45) is 0 Å². The Morgan fingerprint density at radius 1 is 1.33 bits per heavy atom. The average Bonchev–Trinajstić information content (AvgIpc) is 2.64. The number of fused-ring (bicyclic) bond motifs is 1. The molecule has 0 N–H and O–H groups in total. The van der Waals surface area contributed by atoms with Crippen molar-refractivity contribution >= 4 is 30.2 Å². The number of benzene rings is 1. The summed E-state index contributed by atoms with van der Waals surface area (Å²) < 4.78 is 7.18. The first kappa shape index (κ1) is 16.7. The van der Waals surface area contributed by atoms with E-state index in [4.69, 9.17) is 4.43 Å². The molecule has 1 aromatic carbocycles. The van der Waals surface area contributed by atoms with Crippen LogP contribution in [0.25, 0.3) is 0 Å². The molecule has 0 atom stereocenters. The maximum absolute atomic E-state index is 12.3. The number of nitrogens with zero attached hydrogens (tertiary/aromatic N) is 1. The van der Waals surface area contributed by atoms with Gasteiger partial charge in [-0.15, -0.1) is 0 Å². The zero-order valence-corrected chi connectivity index (χ0v) is 16.1. The van der Waals surface area contributed by atoms with Gasteiger partial charge in [-0.2, -0.15) is 0 Å². The van der Waals surface area contributed by atoms with Crippen LogP contribution in [-0.4, -0.2) is 32.3 Å². The SMILES string of the molecule is CC(C)(C)[Si](C)(C)OCCN1Cc2cc(Br)ccc2C1=O. The first-order valence-electron chi connectivity index (χ1n) is 7.33. The van der Waals surface area contributed by atoms with E-state index in [9.17, 15) is 4.79 Å². The molecule has 0 bridgehead atoms. The molecule has 1 aliphatic heterocycles. The maximum atomic E-state index is 12.3. The van der Waals surface area contributed by atoms with E-state index in [2.05, 4.69) is 49.8 Å². The molecule has 0 aromatic heterocycles. The van der Waals surface area contributed by atoms with Gasteiger partial charge in [0.15, 0.2) is 8.32 Å². The van der Waals surface area contributed by atoms with Gasteiger partial charge < -0.3 is 9.33 Å². The normalized spacial score (nSPS) is 15.5. The summed E-state index contributed by atoms with van der Waals surface area (Å²) in [6, 6.07) is 5.85. The highest BCUT2D eigenvalue weighted by atomic mass is 79.9. The lowest BCUT2D eigenvalue weighted by Crippen LogP contribution is -2.42. The minimum Gasteiger partial charge on any atom is -0.415 e. The van der Waals surface area contributed by atoms with E-state index < -0.39 is 8.32 Å². The van der Waals surface area contributed by atoms with Crippen LogP contribution in [0.3, 0.4) is 0 Å². The monoisotopic (exact) mass is 369 g/mol. The van der Waals surface area contributed by atoms with Gasteiger partial charge in [0.1, 0.15) is 0 Å². The van der Waals surface area contributed by atoms with Crippen LogP contribution in [0.2, 0.25) is 18.1 Å². The molecule has 0 saturated heterocycles. The first-order chi connectivity index (χ1) is 9.62. The number of carbonyl (C=O) groups is 1. The second-order valence-corrected chi connectivity index (χ2v) is 12.9. The van der Waals surface area contributed by atoms with E-state index in [0.29, 0.717) is 19.7 Å². The highest BCUT2D eigenvalue weighted by Gasteiger charge is 2.37. The van der Waals surface area contributed by atoms with E-state index >= 15 is 0 Å². The lowest BCUT2D eigenvalue weighted by atomic mass is 10.1. The van der Waals surface area contributed by atoms with Crippen molar-refractivity contribution in [3.8, 4) is 0 Å². The van der Waals surface area contributed by atoms with E-state index in [0.717, 1.165) is 15.6 Å². The summed E-state index contributed by atoms with van der Waals surface area (Å²) in [7, 11) is -1.73. The Kier molecular flexibility index (Phi) is 4.66. The summed E-state index contributed by atoms with van der Waals surface area (Å²) in [6.45, 7) is 13.1. The van der Waals surface area contributed by atoms with Gasteiger partial charge in [0.05, 0.1) is 6.61 Å². The summed E-state index contributed by atoms with van der Waals surface area (Å²) in [5.41, 5.74) is 1.92. The molecular formula is C16H24BrNO2Si. The quantitative estimate of drug-likeness (QED) is 0.734. The third kappa shape index (κ3) is 3.58. The second-order valence-electron chi connectivity index (χ2n) is 7.14. The molecule has 1 amide bonds. The second kappa shape index (κ2) is 5.86. The Morgan fingerprint density at radius 3 is 2.62 bits per heavy atom. The summed E-state index contributed by atoms with van der Waals surface area (Å²) in [6.07, 6.45) is 0. The van der Waals surface area contributed by atoms with Gasteiger partial charge in [0, 0.05) is 23.1 Å². The molecule has 0 fully saturated rings. The summed E-state index contributed by atoms with van der Waals surface area (Å²) in [5, 5.41) is 0.204. The molecule has 1 heterocycles. The first-order valence-corrected chi connectivity index (χ1v) is 11.0. The van der Waals surface area contributed by atoms with Gasteiger partial charge >= 0.3 is 0 Å². The van der Waals surface area contributed by atoms with Gasteiger partial charge in [-0.25, -0.2) is 0 Å². The molecule has 0 aliphatic carbocycles. The summed E-state index contributed by atoms with van der Waals surface area (Å²) >= 11 is 3.46. The van der Waals surface area contributed by atoms with Gasteiger partial charge in [0.2, 0.25) is 0 Å². The highest BCUT2D eigenvalue weighted by Crippen LogP contribution is 2.36. The zero-order valence-electron chi connectivity index (χ0n) is 13.5. The van der Waals surface area contributed by atoms with Crippen molar-refractivity contribution in [3.63, 3.8) is 0 Å². The average molecular weight is 370 g/mol. The Labute approximate surface area is 136 Å². The molecule has 0 radical (unpaired) electrons. The van der Waals surface area contributed by atoms with Crippen molar-refractivity contribution < 1.29 is 9.22 Å². The number of rotatable bonds is 4. The van der Waals surface area contributed by atoms with Crippen LogP contribution in [0.15, 0.2) is 22.7 Å². The lowest BCUT2D eigenvalue weighted by molar-refractivity contribution is 0.0749. The molecule has 0 unspecified atom stereocenters. The van der Waals surface area contributed by atoms with Crippen molar-refractivity contribution in [1.29, 1.82) is 0 Å². The van der Waals surface area contributed by atoms with Crippen molar-refractivity contribution in [2.75, 3.05) is 13.2 Å². The molecule has 2 rings (SSSR count). The minimum absolute atomic E-state index is 0.122. The van der Waals surface area contributed by atoms with Crippen LogP contribution in [0.5, 0.6) is 0 Å². The van der Waals surface area contributed by atoms with Crippen molar-refractivity contribution in [2.45, 2.75) is 45.4 Å². The van der Waals surface area contributed by atoms with Crippen molar-refractivity contribution in [1.82, 2.24) is 4.90 Å². The zero-order chi connectivity index (χ0) is 15.8. The van der Waals surface area contributed by atoms with Crippen LogP contribution in [0.1, 0.15) is 36.7 Å². The Morgan fingerprint density at radius 2 is 2.00 bits per heavy atom. The van der Waals surface area contributed by atoms with Crippen LogP contribution in [-0.2, 0) is 11.0 Å². The molecule has 5 heteroatoms. The lowest BCUT2D eigenvalue weighted by Gasteiger charge is -2.36. The molecule has 116 valence electrons. The van der Waals surface area contributed by atoms with Crippen LogP contribution < -0.4 is 0 Å². The fourth-order valence-electron chi connectivity index (χ4n) is 2.16.